The van der Waals surface area contributed by atoms with Gasteiger partial charge >= 0.3 is 0 Å². The first kappa shape index (κ1) is 15.6. The Kier molecular flexibility index (Phi) is 4.63. The number of halogens is 1. The molecule has 0 spiro atoms. The van der Waals surface area contributed by atoms with E-state index in [4.69, 9.17) is 4.74 Å². The van der Waals surface area contributed by atoms with E-state index in [0.29, 0.717) is 12.2 Å². The lowest BCUT2D eigenvalue weighted by Crippen LogP contribution is -2.12. The molecular formula is C19H16BrNO2. The van der Waals surface area contributed by atoms with Crippen LogP contribution in [-0.4, -0.2) is 12.5 Å². The maximum absolute atomic E-state index is 12.6. The van der Waals surface area contributed by atoms with E-state index in [1.165, 1.54) is 0 Å². The van der Waals surface area contributed by atoms with Crippen LogP contribution in [-0.2, 0) is 0 Å². The van der Waals surface area contributed by atoms with Crippen LogP contribution in [0.1, 0.15) is 17.3 Å². The molecule has 3 rings (SSSR count). The molecule has 1 N–H and O–H groups in total. The molecule has 0 atom stereocenters. The van der Waals surface area contributed by atoms with Crippen LogP contribution in [0.15, 0.2) is 65.1 Å². The molecule has 3 nitrogen and oxygen atoms in total. The Morgan fingerprint density at radius 3 is 2.43 bits per heavy atom. The maximum atomic E-state index is 12.6. The molecule has 116 valence electrons. The van der Waals surface area contributed by atoms with Crippen molar-refractivity contribution in [2.24, 2.45) is 0 Å². The summed E-state index contributed by atoms with van der Waals surface area (Å²) in [7, 11) is 0. The van der Waals surface area contributed by atoms with Crippen LogP contribution in [0, 0.1) is 0 Å². The molecule has 0 saturated carbocycles. The summed E-state index contributed by atoms with van der Waals surface area (Å²) in [6, 6.07) is 18.9. The highest BCUT2D eigenvalue weighted by Crippen LogP contribution is 2.27. The minimum Gasteiger partial charge on any atom is -0.494 e. The van der Waals surface area contributed by atoms with Crippen molar-refractivity contribution >= 4 is 38.3 Å². The quantitative estimate of drug-likeness (QED) is 0.681. The maximum Gasteiger partial charge on any atom is 0.256 e. The van der Waals surface area contributed by atoms with Crippen molar-refractivity contribution in [3.05, 3.63) is 70.7 Å². The van der Waals surface area contributed by atoms with E-state index in [0.717, 1.165) is 26.7 Å². The average Bonchev–Trinajstić information content (AvgIpc) is 2.57. The van der Waals surface area contributed by atoms with E-state index in [2.05, 4.69) is 21.2 Å². The number of ether oxygens (including phenoxy) is 1. The van der Waals surface area contributed by atoms with Crippen LogP contribution in [0.25, 0.3) is 10.8 Å². The van der Waals surface area contributed by atoms with E-state index in [1.54, 1.807) is 0 Å². The number of carbonyl (C=O) groups is 1. The lowest BCUT2D eigenvalue weighted by Gasteiger charge is -2.10. The van der Waals surface area contributed by atoms with Gasteiger partial charge in [0.2, 0.25) is 0 Å². The zero-order valence-corrected chi connectivity index (χ0v) is 14.3. The second kappa shape index (κ2) is 6.84. The largest absolute Gasteiger partial charge is 0.494 e. The van der Waals surface area contributed by atoms with Gasteiger partial charge in [0.05, 0.1) is 6.61 Å². The molecule has 0 aliphatic carbocycles. The molecule has 4 heteroatoms. The third-order valence-corrected chi connectivity index (χ3v) is 4.23. The second-order valence-electron chi connectivity index (χ2n) is 5.05. The van der Waals surface area contributed by atoms with Crippen LogP contribution in [0.4, 0.5) is 5.69 Å². The van der Waals surface area contributed by atoms with E-state index < -0.39 is 0 Å². The summed E-state index contributed by atoms with van der Waals surface area (Å²) in [6.45, 7) is 2.56. The number of rotatable bonds is 4. The summed E-state index contributed by atoms with van der Waals surface area (Å²) in [5, 5.41) is 4.87. The summed E-state index contributed by atoms with van der Waals surface area (Å²) >= 11 is 3.52. The average molecular weight is 370 g/mol. The zero-order valence-electron chi connectivity index (χ0n) is 12.7. The van der Waals surface area contributed by atoms with Crippen molar-refractivity contribution in [3.8, 4) is 5.75 Å². The smallest absolute Gasteiger partial charge is 0.256 e. The third kappa shape index (κ3) is 3.37. The number of amides is 1. The van der Waals surface area contributed by atoms with E-state index in [9.17, 15) is 4.79 Å². The molecular weight excluding hydrogens is 354 g/mol. The Morgan fingerprint density at radius 1 is 1.00 bits per heavy atom. The highest BCUT2D eigenvalue weighted by molar-refractivity contribution is 9.10. The third-order valence-electron chi connectivity index (χ3n) is 3.54. The van der Waals surface area contributed by atoms with E-state index in [-0.39, 0.29) is 5.91 Å². The molecule has 1 amide bonds. The number of benzene rings is 3. The van der Waals surface area contributed by atoms with Crippen LogP contribution < -0.4 is 10.1 Å². The summed E-state index contributed by atoms with van der Waals surface area (Å²) in [4.78, 5) is 12.6. The Labute approximate surface area is 143 Å². The topological polar surface area (TPSA) is 38.3 Å². The van der Waals surface area contributed by atoms with Crippen molar-refractivity contribution in [1.82, 2.24) is 0 Å². The van der Waals surface area contributed by atoms with Gasteiger partial charge in [0.1, 0.15) is 5.75 Å². The summed E-state index contributed by atoms with van der Waals surface area (Å²) in [6.07, 6.45) is 0. The molecule has 0 saturated heterocycles. The monoisotopic (exact) mass is 369 g/mol. The lowest BCUT2D eigenvalue weighted by molar-refractivity contribution is 0.102. The van der Waals surface area contributed by atoms with E-state index >= 15 is 0 Å². The SMILES string of the molecule is CCOc1ccc(NC(=O)c2cccc3c(Br)cccc23)cc1. The minimum atomic E-state index is -0.127. The van der Waals surface area contributed by atoms with Crippen LogP contribution in [0.3, 0.4) is 0 Å². The molecule has 0 aliphatic rings. The van der Waals surface area contributed by atoms with Gasteiger partial charge in [0, 0.05) is 15.7 Å². The van der Waals surface area contributed by atoms with Gasteiger partial charge in [-0.25, -0.2) is 0 Å². The fourth-order valence-corrected chi connectivity index (χ4v) is 2.97. The van der Waals surface area contributed by atoms with Gasteiger partial charge in [-0.05, 0) is 54.1 Å². The number of hydrogen-bond donors (Lipinski definition) is 1. The highest BCUT2D eigenvalue weighted by Gasteiger charge is 2.11. The molecule has 0 heterocycles. The fraction of sp³-hybridized carbons (Fsp3) is 0.105. The van der Waals surface area contributed by atoms with Gasteiger partial charge in [0.15, 0.2) is 0 Å². The van der Waals surface area contributed by atoms with Crippen molar-refractivity contribution in [2.45, 2.75) is 6.92 Å². The molecule has 0 aliphatic heterocycles. The first-order valence-corrected chi connectivity index (χ1v) is 8.20. The second-order valence-corrected chi connectivity index (χ2v) is 5.91. The number of anilines is 1. The summed E-state index contributed by atoms with van der Waals surface area (Å²) in [5.41, 5.74) is 1.39. The van der Waals surface area contributed by atoms with Gasteiger partial charge in [-0.15, -0.1) is 0 Å². The number of carbonyl (C=O) groups excluding carboxylic acids is 1. The fourth-order valence-electron chi connectivity index (χ4n) is 2.47. The van der Waals surface area contributed by atoms with Crippen LogP contribution in [0.2, 0.25) is 0 Å². The van der Waals surface area contributed by atoms with Crippen molar-refractivity contribution < 1.29 is 9.53 Å². The van der Waals surface area contributed by atoms with Crippen LogP contribution in [0.5, 0.6) is 5.75 Å². The lowest BCUT2D eigenvalue weighted by atomic mass is 10.0. The van der Waals surface area contributed by atoms with Gasteiger partial charge < -0.3 is 10.1 Å². The Bertz CT molecular complexity index is 844. The van der Waals surface area contributed by atoms with Crippen molar-refractivity contribution in [1.29, 1.82) is 0 Å². The van der Waals surface area contributed by atoms with Gasteiger partial charge in [-0.1, -0.05) is 40.2 Å². The van der Waals surface area contributed by atoms with E-state index in [1.807, 2.05) is 67.6 Å². The molecule has 0 aromatic heterocycles. The molecule has 0 radical (unpaired) electrons. The highest BCUT2D eigenvalue weighted by atomic mass is 79.9. The van der Waals surface area contributed by atoms with Gasteiger partial charge in [-0.2, -0.15) is 0 Å². The van der Waals surface area contributed by atoms with Crippen molar-refractivity contribution in [2.75, 3.05) is 11.9 Å². The Balaban J connectivity index is 1.87. The number of hydrogen-bond acceptors (Lipinski definition) is 2. The molecule has 3 aromatic rings. The Morgan fingerprint density at radius 2 is 1.70 bits per heavy atom. The minimum absolute atomic E-state index is 0.127. The molecule has 0 unspecified atom stereocenters. The standard InChI is InChI=1S/C19H16BrNO2/c1-2-23-14-11-9-13(10-12-14)21-19(22)17-7-3-6-16-15(17)5-4-8-18(16)20/h3-12H,2H2,1H3,(H,21,22). The molecule has 0 fully saturated rings. The summed E-state index contributed by atoms with van der Waals surface area (Å²) < 4.78 is 6.38. The van der Waals surface area contributed by atoms with Crippen LogP contribution >= 0.6 is 15.9 Å². The van der Waals surface area contributed by atoms with Crippen molar-refractivity contribution in [3.63, 3.8) is 0 Å². The Hall–Kier alpha value is -2.33. The number of nitrogens with one attached hydrogen (secondary N) is 1. The predicted molar refractivity (Wildman–Crippen MR) is 97.2 cm³/mol. The zero-order chi connectivity index (χ0) is 16.2. The summed E-state index contributed by atoms with van der Waals surface area (Å²) in [5.74, 6) is 0.664. The molecule has 3 aromatic carbocycles. The predicted octanol–water partition coefficient (Wildman–Crippen LogP) is 5.25. The molecule has 23 heavy (non-hydrogen) atoms. The normalized spacial score (nSPS) is 10.5. The number of fused-ring (bicyclic) bond motifs is 1. The molecule has 0 bridgehead atoms. The van der Waals surface area contributed by atoms with Gasteiger partial charge in [-0.3, -0.25) is 4.79 Å². The first-order chi connectivity index (χ1) is 11.2. The first-order valence-electron chi connectivity index (χ1n) is 7.40. The van der Waals surface area contributed by atoms with Gasteiger partial charge in [0.25, 0.3) is 5.91 Å².